The Balaban J connectivity index is 0. The first-order valence-corrected chi connectivity index (χ1v) is 1.87. The van der Waals surface area contributed by atoms with Crippen LogP contribution in [0.1, 0.15) is 0 Å². The molecule has 1 aromatic heterocycles. The molecule has 3 heteroatoms. The average molecular weight is 184 g/mol. The van der Waals surface area contributed by atoms with Crippen molar-refractivity contribution in [1.29, 1.82) is 0 Å². The maximum absolute atomic E-state index is 2.89. The third-order valence-corrected chi connectivity index (χ3v) is 0.684. The van der Waals surface area contributed by atoms with Crippen LogP contribution in [-0.2, 0) is 7.05 Å². The number of nitrogens with zero attached hydrogens (tertiary/aromatic N) is 1. The van der Waals surface area contributed by atoms with Crippen LogP contribution in [0.3, 0.4) is 0 Å². The molecule has 0 aromatic carbocycles. The topological polar surface area (TPSA) is 4.93 Å². The fourth-order valence-corrected chi connectivity index (χ4v) is 0.364. The molecule has 0 saturated carbocycles. The standard InChI is InChI=1S/C5H6N.BrH.Mg/c1-6-4-2-3-5-6;;/h2,4-5H,1H3;1H;/q-1;;+2/p-1. The Hall–Kier alpha value is 0.526. The van der Waals surface area contributed by atoms with Crippen molar-refractivity contribution in [2.24, 2.45) is 7.05 Å². The van der Waals surface area contributed by atoms with E-state index in [1.165, 1.54) is 0 Å². The Bertz CT molecular complexity index is 116. The third-order valence-electron chi connectivity index (χ3n) is 0.684. The van der Waals surface area contributed by atoms with Crippen LogP contribution in [0.2, 0.25) is 0 Å². The second-order valence-corrected chi connectivity index (χ2v) is 1.28. The van der Waals surface area contributed by atoms with Gasteiger partial charge in [0.25, 0.3) is 0 Å². The van der Waals surface area contributed by atoms with Crippen molar-refractivity contribution in [3.05, 3.63) is 24.5 Å². The van der Waals surface area contributed by atoms with Gasteiger partial charge in [0.2, 0.25) is 0 Å². The van der Waals surface area contributed by atoms with E-state index >= 15 is 0 Å². The molecule has 1 nitrogen and oxygen atoms in total. The minimum absolute atomic E-state index is 0. The summed E-state index contributed by atoms with van der Waals surface area (Å²) in [4.78, 5) is 0. The zero-order valence-electron chi connectivity index (χ0n) is 4.76. The summed E-state index contributed by atoms with van der Waals surface area (Å²) in [6.45, 7) is 0. The van der Waals surface area contributed by atoms with Gasteiger partial charge in [0, 0.05) is 0 Å². The van der Waals surface area contributed by atoms with E-state index < -0.39 is 0 Å². The monoisotopic (exact) mass is 183 g/mol. The summed E-state index contributed by atoms with van der Waals surface area (Å²) in [6, 6.07) is 4.77. The maximum atomic E-state index is 2.89. The van der Waals surface area contributed by atoms with Gasteiger partial charge in [-0.15, -0.1) is 12.4 Å². The van der Waals surface area contributed by atoms with Crippen LogP contribution in [0.15, 0.2) is 18.5 Å². The van der Waals surface area contributed by atoms with E-state index in [1.807, 2.05) is 30.1 Å². The zero-order valence-corrected chi connectivity index (χ0v) is 7.76. The van der Waals surface area contributed by atoms with Crippen molar-refractivity contribution in [3.63, 3.8) is 0 Å². The van der Waals surface area contributed by atoms with Crippen molar-refractivity contribution in [2.75, 3.05) is 0 Å². The molecule has 0 N–H and O–H groups in total. The normalized spacial score (nSPS) is 6.62. The summed E-state index contributed by atoms with van der Waals surface area (Å²) in [6.07, 6.45) is 3.82. The predicted octanol–water partition coefficient (Wildman–Crippen LogP) is -2.55. The van der Waals surface area contributed by atoms with E-state index in [9.17, 15) is 0 Å². The Kier molecular flexibility index (Phi) is 8.02. The van der Waals surface area contributed by atoms with Gasteiger partial charge in [-0.1, -0.05) is 0 Å². The van der Waals surface area contributed by atoms with Crippen molar-refractivity contribution < 1.29 is 17.0 Å². The summed E-state index contributed by atoms with van der Waals surface area (Å²) >= 11 is 0. The molecule has 0 bridgehead atoms. The van der Waals surface area contributed by atoms with Crippen LogP contribution < -0.4 is 17.0 Å². The average Bonchev–Trinajstić information content (AvgIpc) is 1.86. The molecule has 8 heavy (non-hydrogen) atoms. The second kappa shape index (κ2) is 5.66. The number of hydrogen-bond donors (Lipinski definition) is 0. The number of halogens is 1. The first-order valence-electron chi connectivity index (χ1n) is 1.87. The third kappa shape index (κ3) is 3.52. The molecule has 40 valence electrons. The minimum atomic E-state index is 0. The number of aryl methyl sites for hydroxylation is 1. The number of aromatic nitrogens is 1. The van der Waals surface area contributed by atoms with Crippen LogP contribution in [-0.4, -0.2) is 27.6 Å². The van der Waals surface area contributed by atoms with Crippen molar-refractivity contribution in [2.45, 2.75) is 0 Å². The summed E-state index contributed by atoms with van der Waals surface area (Å²) in [5.74, 6) is 0. The van der Waals surface area contributed by atoms with Gasteiger partial charge < -0.3 is 21.5 Å². The van der Waals surface area contributed by atoms with Gasteiger partial charge in [-0.3, -0.25) is 0 Å². The fraction of sp³-hybridized carbons (Fsp3) is 0.200. The van der Waals surface area contributed by atoms with E-state index in [0.717, 1.165) is 0 Å². The van der Waals surface area contributed by atoms with E-state index in [-0.39, 0.29) is 40.0 Å². The number of hydrogen-bond acceptors (Lipinski definition) is 0. The van der Waals surface area contributed by atoms with E-state index in [0.29, 0.717) is 0 Å². The van der Waals surface area contributed by atoms with Gasteiger partial charge in [0.05, 0.1) is 0 Å². The molecular formula is C5H6BrMgN. The Morgan fingerprint density at radius 2 is 2.12 bits per heavy atom. The molecule has 0 amide bonds. The molecule has 1 heterocycles. The van der Waals surface area contributed by atoms with E-state index in [1.54, 1.807) is 0 Å². The zero-order chi connectivity index (χ0) is 4.41. The molecule has 0 unspecified atom stereocenters. The molecule has 0 radical (unpaired) electrons. The minimum Gasteiger partial charge on any atom is -1.00 e. The Morgan fingerprint density at radius 3 is 2.25 bits per heavy atom. The first kappa shape index (κ1) is 11.3. The molecule has 0 fully saturated rings. The molecule has 0 aliphatic rings. The van der Waals surface area contributed by atoms with E-state index in [2.05, 4.69) is 6.07 Å². The molecular weight excluding hydrogens is 178 g/mol. The Labute approximate surface area is 76.0 Å². The smallest absolute Gasteiger partial charge is 1.00 e. The second-order valence-electron chi connectivity index (χ2n) is 1.28. The van der Waals surface area contributed by atoms with Crippen LogP contribution in [0.4, 0.5) is 0 Å². The molecule has 1 aromatic rings. The van der Waals surface area contributed by atoms with Crippen LogP contribution in [0.25, 0.3) is 0 Å². The quantitative estimate of drug-likeness (QED) is 0.309. The van der Waals surface area contributed by atoms with Gasteiger partial charge in [0.15, 0.2) is 0 Å². The molecule has 0 spiro atoms. The van der Waals surface area contributed by atoms with Gasteiger partial charge in [-0.2, -0.15) is 0 Å². The van der Waals surface area contributed by atoms with Crippen molar-refractivity contribution in [1.82, 2.24) is 4.57 Å². The largest absolute Gasteiger partial charge is 2.00 e. The summed E-state index contributed by atoms with van der Waals surface area (Å²) in [5, 5.41) is 0. The van der Waals surface area contributed by atoms with Crippen LogP contribution in [0, 0.1) is 6.07 Å². The Morgan fingerprint density at radius 1 is 1.50 bits per heavy atom. The molecule has 1 rings (SSSR count). The maximum Gasteiger partial charge on any atom is 2.00 e. The molecule has 0 aliphatic carbocycles. The van der Waals surface area contributed by atoms with Crippen LogP contribution in [0.5, 0.6) is 0 Å². The van der Waals surface area contributed by atoms with Gasteiger partial charge in [-0.05, 0) is 7.05 Å². The summed E-state index contributed by atoms with van der Waals surface area (Å²) in [7, 11) is 1.97. The molecule has 0 aliphatic heterocycles. The van der Waals surface area contributed by atoms with E-state index in [4.69, 9.17) is 0 Å². The summed E-state index contributed by atoms with van der Waals surface area (Å²) in [5.41, 5.74) is 0. The number of rotatable bonds is 0. The fourth-order valence-electron chi connectivity index (χ4n) is 0.364. The van der Waals surface area contributed by atoms with Crippen LogP contribution >= 0.6 is 0 Å². The van der Waals surface area contributed by atoms with Crippen molar-refractivity contribution >= 4 is 23.1 Å². The molecule has 0 saturated heterocycles. The van der Waals surface area contributed by atoms with Gasteiger partial charge in [0.1, 0.15) is 0 Å². The van der Waals surface area contributed by atoms with Gasteiger partial charge >= 0.3 is 23.1 Å². The van der Waals surface area contributed by atoms with Crippen molar-refractivity contribution in [3.8, 4) is 0 Å². The van der Waals surface area contributed by atoms with Gasteiger partial charge in [-0.25, -0.2) is 12.1 Å². The first-order chi connectivity index (χ1) is 2.89. The predicted molar refractivity (Wildman–Crippen MR) is 30.0 cm³/mol. The summed E-state index contributed by atoms with van der Waals surface area (Å²) < 4.78 is 1.94. The molecule has 0 atom stereocenters. The SMILES string of the molecule is Cn1c[c-]cc1.[Br-].[Mg+2].